The summed E-state index contributed by atoms with van der Waals surface area (Å²) in [5.74, 6) is 1.57. The van der Waals surface area contributed by atoms with Gasteiger partial charge < -0.3 is 10.6 Å². The maximum atomic E-state index is 3.56. The second kappa shape index (κ2) is 9.00. The highest BCUT2D eigenvalue weighted by Crippen LogP contribution is 2.04. The number of rotatable bonds is 9. The molecule has 0 aliphatic carbocycles. The highest BCUT2D eigenvalue weighted by atomic mass is 15.0. The van der Waals surface area contributed by atoms with E-state index in [1.807, 2.05) is 0 Å². The first-order valence-electron chi connectivity index (χ1n) is 6.88. The Hall–Kier alpha value is -0.0800. The van der Waals surface area contributed by atoms with Gasteiger partial charge in [0.2, 0.25) is 0 Å². The van der Waals surface area contributed by atoms with Crippen molar-refractivity contribution in [1.82, 2.24) is 10.6 Å². The monoisotopic (exact) mass is 228 g/mol. The Balaban J connectivity index is 3.38. The van der Waals surface area contributed by atoms with Gasteiger partial charge in [0.15, 0.2) is 0 Å². The maximum Gasteiger partial charge on any atom is 0.00793 e. The predicted octanol–water partition coefficient (Wildman–Crippen LogP) is 3.03. The largest absolute Gasteiger partial charge is 0.313 e. The van der Waals surface area contributed by atoms with Gasteiger partial charge in [-0.25, -0.2) is 0 Å². The molecule has 0 fully saturated rings. The fourth-order valence-electron chi connectivity index (χ4n) is 2.22. The van der Waals surface area contributed by atoms with Gasteiger partial charge in [0.05, 0.1) is 0 Å². The molecule has 0 spiro atoms. The minimum absolute atomic E-state index is 0.641. The minimum Gasteiger partial charge on any atom is -0.313 e. The van der Waals surface area contributed by atoms with Crippen LogP contribution in [0, 0.1) is 11.8 Å². The first-order valence-corrected chi connectivity index (χ1v) is 6.88. The third-order valence-electron chi connectivity index (χ3n) is 2.76. The van der Waals surface area contributed by atoms with Crippen LogP contribution in [-0.2, 0) is 0 Å². The third kappa shape index (κ3) is 10.4. The van der Waals surface area contributed by atoms with Crippen molar-refractivity contribution in [2.45, 2.75) is 66.5 Å². The van der Waals surface area contributed by atoms with Crippen LogP contribution < -0.4 is 10.6 Å². The summed E-state index contributed by atoms with van der Waals surface area (Å²) in [6, 6.07) is 1.28. The van der Waals surface area contributed by atoms with Crippen molar-refractivity contribution in [1.29, 1.82) is 0 Å². The third-order valence-corrected chi connectivity index (χ3v) is 2.76. The van der Waals surface area contributed by atoms with Crippen LogP contribution in [-0.4, -0.2) is 25.2 Å². The fourth-order valence-corrected chi connectivity index (χ4v) is 2.22. The molecule has 0 amide bonds. The zero-order valence-electron chi connectivity index (χ0n) is 12.1. The second-order valence-corrected chi connectivity index (χ2v) is 5.97. The normalized spacial score (nSPS) is 15.8. The number of nitrogens with one attached hydrogen (secondary N) is 2. The Morgan fingerprint density at radius 1 is 0.625 bits per heavy atom. The topological polar surface area (TPSA) is 24.1 Å². The van der Waals surface area contributed by atoms with Crippen molar-refractivity contribution >= 4 is 0 Å². The number of hydrogen-bond acceptors (Lipinski definition) is 2. The van der Waals surface area contributed by atoms with E-state index < -0.39 is 0 Å². The molecule has 0 heterocycles. The maximum absolute atomic E-state index is 3.56. The molecule has 0 aromatic carbocycles. The molecule has 98 valence electrons. The molecule has 0 unspecified atom stereocenters. The van der Waals surface area contributed by atoms with Crippen molar-refractivity contribution in [2.24, 2.45) is 11.8 Å². The van der Waals surface area contributed by atoms with Crippen LogP contribution in [0.25, 0.3) is 0 Å². The summed E-state index contributed by atoms with van der Waals surface area (Å²) in [6.07, 6.45) is 2.53. The zero-order valence-corrected chi connectivity index (χ0v) is 12.1. The lowest BCUT2D eigenvalue weighted by Gasteiger charge is -2.19. The van der Waals surface area contributed by atoms with Crippen LogP contribution in [0.1, 0.15) is 54.4 Å². The van der Waals surface area contributed by atoms with E-state index >= 15 is 0 Å². The molecular weight excluding hydrogens is 196 g/mol. The summed E-state index contributed by atoms with van der Waals surface area (Å²) >= 11 is 0. The number of hydrogen-bond donors (Lipinski definition) is 2. The van der Waals surface area contributed by atoms with Crippen molar-refractivity contribution in [3.63, 3.8) is 0 Å². The molecule has 2 N–H and O–H groups in total. The van der Waals surface area contributed by atoms with E-state index in [1.165, 1.54) is 12.8 Å². The lowest BCUT2D eigenvalue weighted by Crippen LogP contribution is -2.37. The molecule has 2 nitrogen and oxygen atoms in total. The van der Waals surface area contributed by atoms with E-state index in [0.717, 1.165) is 24.9 Å². The first-order chi connectivity index (χ1) is 7.41. The summed E-state index contributed by atoms with van der Waals surface area (Å²) < 4.78 is 0. The van der Waals surface area contributed by atoms with Crippen molar-refractivity contribution in [3.05, 3.63) is 0 Å². The van der Waals surface area contributed by atoms with Gasteiger partial charge in [-0.05, 0) is 38.5 Å². The van der Waals surface area contributed by atoms with Gasteiger partial charge in [0.25, 0.3) is 0 Å². The summed E-state index contributed by atoms with van der Waals surface area (Å²) in [5.41, 5.74) is 0. The van der Waals surface area contributed by atoms with Gasteiger partial charge in [-0.2, -0.15) is 0 Å². The molecule has 0 aliphatic heterocycles. The summed E-state index contributed by atoms with van der Waals surface area (Å²) in [7, 11) is 0. The average Bonchev–Trinajstić information content (AvgIpc) is 2.10. The summed E-state index contributed by atoms with van der Waals surface area (Å²) in [4.78, 5) is 0. The molecule has 0 radical (unpaired) electrons. The molecular formula is C14H32N2. The smallest absolute Gasteiger partial charge is 0.00793 e. The Morgan fingerprint density at radius 3 is 1.19 bits per heavy atom. The average molecular weight is 228 g/mol. The molecule has 0 aliphatic rings. The van der Waals surface area contributed by atoms with E-state index in [1.54, 1.807) is 0 Å². The van der Waals surface area contributed by atoms with Gasteiger partial charge in [-0.3, -0.25) is 0 Å². The van der Waals surface area contributed by atoms with Crippen LogP contribution in [0.15, 0.2) is 0 Å². The van der Waals surface area contributed by atoms with E-state index in [0.29, 0.717) is 12.1 Å². The second-order valence-electron chi connectivity index (χ2n) is 5.97. The molecule has 2 atom stereocenters. The van der Waals surface area contributed by atoms with Gasteiger partial charge in [-0.15, -0.1) is 0 Å². The van der Waals surface area contributed by atoms with Crippen molar-refractivity contribution in [3.8, 4) is 0 Å². The molecule has 16 heavy (non-hydrogen) atoms. The predicted molar refractivity (Wildman–Crippen MR) is 73.8 cm³/mol. The molecule has 0 saturated heterocycles. The Labute approximate surface area is 103 Å². The first kappa shape index (κ1) is 15.9. The lowest BCUT2D eigenvalue weighted by atomic mass is 10.1. The van der Waals surface area contributed by atoms with Crippen molar-refractivity contribution in [2.75, 3.05) is 13.1 Å². The zero-order chi connectivity index (χ0) is 12.6. The highest BCUT2D eigenvalue weighted by molar-refractivity contribution is 4.66. The summed E-state index contributed by atoms with van der Waals surface area (Å²) in [5, 5.41) is 7.12. The van der Waals surface area contributed by atoms with Crippen LogP contribution in [0.5, 0.6) is 0 Å². The highest BCUT2D eigenvalue weighted by Gasteiger charge is 2.05. The van der Waals surface area contributed by atoms with E-state index in [-0.39, 0.29) is 0 Å². The molecule has 0 bridgehead atoms. The van der Waals surface area contributed by atoms with E-state index in [2.05, 4.69) is 52.2 Å². The Bertz CT molecular complexity index is 137. The van der Waals surface area contributed by atoms with E-state index in [4.69, 9.17) is 0 Å². The van der Waals surface area contributed by atoms with Crippen LogP contribution in [0.3, 0.4) is 0 Å². The van der Waals surface area contributed by atoms with Crippen LogP contribution in [0.2, 0.25) is 0 Å². The Morgan fingerprint density at radius 2 is 0.938 bits per heavy atom. The lowest BCUT2D eigenvalue weighted by molar-refractivity contribution is 0.410. The SMILES string of the molecule is CC(C)C[C@@H](C)NCCN[C@H](C)CC(C)C. The summed E-state index contributed by atoms with van der Waals surface area (Å²) in [6.45, 7) is 15.8. The van der Waals surface area contributed by atoms with Gasteiger partial charge >= 0.3 is 0 Å². The molecule has 0 saturated carbocycles. The fraction of sp³-hybridized carbons (Fsp3) is 1.00. The van der Waals surface area contributed by atoms with Crippen LogP contribution >= 0.6 is 0 Å². The van der Waals surface area contributed by atoms with Gasteiger partial charge in [0.1, 0.15) is 0 Å². The standard InChI is InChI=1S/C14H32N2/c1-11(2)9-13(5)15-7-8-16-14(6)10-12(3)4/h11-16H,7-10H2,1-6H3/t13-,14-/m1/s1. The van der Waals surface area contributed by atoms with Gasteiger partial charge in [0, 0.05) is 25.2 Å². The van der Waals surface area contributed by atoms with Gasteiger partial charge in [-0.1, -0.05) is 27.7 Å². The van der Waals surface area contributed by atoms with E-state index in [9.17, 15) is 0 Å². The van der Waals surface area contributed by atoms with Crippen LogP contribution in [0.4, 0.5) is 0 Å². The molecule has 0 rings (SSSR count). The quantitative estimate of drug-likeness (QED) is 0.593. The van der Waals surface area contributed by atoms with Crippen molar-refractivity contribution < 1.29 is 0 Å². The molecule has 2 heteroatoms. The minimum atomic E-state index is 0.641. The Kier molecular flexibility index (Phi) is 8.96. The molecule has 0 aromatic heterocycles. The molecule has 0 aromatic rings.